The van der Waals surface area contributed by atoms with Crippen LogP contribution in [0.15, 0.2) is 16.9 Å². The Morgan fingerprint density at radius 3 is 3.20 bits per heavy atom. The fourth-order valence-electron chi connectivity index (χ4n) is 0.991. The Kier molecular flexibility index (Phi) is 1.01. The molecule has 0 unspecified atom stereocenters. The molecule has 0 bridgehead atoms. The highest BCUT2D eigenvalue weighted by Gasteiger charge is 2.07. The topological polar surface area (TPSA) is 56.9 Å². The van der Waals surface area contributed by atoms with Crippen molar-refractivity contribution in [1.82, 2.24) is 10.4 Å². The van der Waals surface area contributed by atoms with E-state index in [-0.39, 0.29) is 5.56 Å². The van der Waals surface area contributed by atoms with E-state index in [4.69, 9.17) is 0 Å². The zero-order valence-corrected chi connectivity index (χ0v) is 5.27. The number of hydrazine groups is 1. The molecule has 0 saturated heterocycles. The molecule has 1 aliphatic rings. The van der Waals surface area contributed by atoms with Gasteiger partial charge in [-0.1, -0.05) is 0 Å². The second kappa shape index (κ2) is 1.85. The Hall–Kier alpha value is -1.29. The third-order valence-corrected chi connectivity index (χ3v) is 1.50. The molecule has 4 heteroatoms. The van der Waals surface area contributed by atoms with Crippen LogP contribution in [0.3, 0.4) is 0 Å². The third kappa shape index (κ3) is 0.698. The minimum absolute atomic E-state index is 0.0741. The summed E-state index contributed by atoms with van der Waals surface area (Å²) < 4.78 is 0. The van der Waals surface area contributed by atoms with Crippen LogP contribution in [-0.2, 0) is 6.54 Å². The van der Waals surface area contributed by atoms with E-state index in [1.54, 1.807) is 6.07 Å². The quantitative estimate of drug-likeness (QED) is 0.464. The van der Waals surface area contributed by atoms with Crippen molar-refractivity contribution >= 4 is 5.82 Å². The molecule has 0 saturated carbocycles. The zero-order valence-electron chi connectivity index (χ0n) is 5.27. The van der Waals surface area contributed by atoms with Crippen LogP contribution in [0.5, 0.6) is 0 Å². The number of fused-ring (bicyclic) bond motifs is 1. The van der Waals surface area contributed by atoms with Crippen LogP contribution in [0.1, 0.15) is 5.56 Å². The van der Waals surface area contributed by atoms with Crippen LogP contribution in [0.4, 0.5) is 5.82 Å². The molecule has 10 heavy (non-hydrogen) atoms. The first kappa shape index (κ1) is 5.49. The van der Waals surface area contributed by atoms with E-state index in [0.717, 1.165) is 17.9 Å². The predicted molar refractivity (Wildman–Crippen MR) is 37.5 cm³/mol. The summed E-state index contributed by atoms with van der Waals surface area (Å²) in [6.45, 7) is 0.770. The van der Waals surface area contributed by atoms with Crippen molar-refractivity contribution in [2.75, 3.05) is 5.43 Å². The van der Waals surface area contributed by atoms with Gasteiger partial charge >= 0.3 is 0 Å². The monoisotopic (exact) mass is 137 g/mol. The summed E-state index contributed by atoms with van der Waals surface area (Å²) in [5, 5.41) is 0. The molecule has 0 aromatic carbocycles. The van der Waals surface area contributed by atoms with E-state index in [1.807, 2.05) is 0 Å². The van der Waals surface area contributed by atoms with E-state index in [9.17, 15) is 4.79 Å². The van der Waals surface area contributed by atoms with Gasteiger partial charge in [-0.2, -0.15) is 0 Å². The molecule has 1 aromatic rings. The number of pyridine rings is 1. The maximum absolute atomic E-state index is 10.7. The highest BCUT2D eigenvalue weighted by molar-refractivity contribution is 5.45. The lowest BCUT2D eigenvalue weighted by molar-refractivity contribution is 0.859. The van der Waals surface area contributed by atoms with E-state index in [0.29, 0.717) is 0 Å². The molecule has 1 aliphatic heterocycles. The van der Waals surface area contributed by atoms with Crippen LogP contribution in [0.25, 0.3) is 0 Å². The maximum atomic E-state index is 10.7. The Morgan fingerprint density at radius 2 is 2.30 bits per heavy atom. The molecular weight excluding hydrogens is 130 g/mol. The van der Waals surface area contributed by atoms with Crippen molar-refractivity contribution in [3.63, 3.8) is 0 Å². The molecule has 3 N–H and O–H groups in total. The number of aromatic amines is 1. The van der Waals surface area contributed by atoms with Crippen molar-refractivity contribution < 1.29 is 0 Å². The molecule has 0 aliphatic carbocycles. The Balaban J connectivity index is 2.63. The zero-order chi connectivity index (χ0) is 6.97. The van der Waals surface area contributed by atoms with Crippen LogP contribution < -0.4 is 16.4 Å². The highest BCUT2D eigenvalue weighted by atomic mass is 16.1. The molecule has 0 fully saturated rings. The first-order valence-electron chi connectivity index (χ1n) is 3.07. The highest BCUT2D eigenvalue weighted by Crippen LogP contribution is 2.12. The minimum Gasteiger partial charge on any atom is -0.308 e. The first-order chi connectivity index (χ1) is 4.86. The summed E-state index contributed by atoms with van der Waals surface area (Å²) >= 11 is 0. The average Bonchev–Trinajstić information content (AvgIpc) is 2.33. The third-order valence-electron chi connectivity index (χ3n) is 1.50. The normalized spacial score (nSPS) is 14.4. The molecule has 0 spiro atoms. The fourth-order valence-corrected chi connectivity index (χ4v) is 0.991. The van der Waals surface area contributed by atoms with Gasteiger partial charge in [0.1, 0.15) is 5.82 Å². The Bertz CT molecular complexity index is 304. The average molecular weight is 137 g/mol. The molecular formula is C6H7N3O. The predicted octanol–water partition coefficient (Wildman–Crippen LogP) is -0.195. The molecule has 2 heterocycles. The van der Waals surface area contributed by atoms with Crippen molar-refractivity contribution in [2.45, 2.75) is 6.54 Å². The lowest BCUT2D eigenvalue weighted by atomic mass is 10.3. The second-order valence-electron chi connectivity index (χ2n) is 2.20. The molecule has 1 aromatic heterocycles. The fraction of sp³-hybridized carbons (Fsp3) is 0.167. The van der Waals surface area contributed by atoms with Gasteiger partial charge in [0.25, 0.3) is 0 Å². The summed E-state index contributed by atoms with van der Waals surface area (Å²) in [5.41, 5.74) is 6.75. The smallest absolute Gasteiger partial charge is 0.249 e. The van der Waals surface area contributed by atoms with E-state index in [2.05, 4.69) is 15.8 Å². The standard InChI is InChI=1S/C6H7N3O/c10-5-2-1-4-3-7-9-6(4)8-5/h1-2,7H,3H2,(H2,8,9,10). The van der Waals surface area contributed by atoms with E-state index >= 15 is 0 Å². The van der Waals surface area contributed by atoms with Gasteiger partial charge in [0.15, 0.2) is 0 Å². The van der Waals surface area contributed by atoms with Gasteiger partial charge in [-0.15, -0.1) is 0 Å². The molecule has 0 atom stereocenters. The van der Waals surface area contributed by atoms with Gasteiger partial charge < -0.3 is 10.4 Å². The lowest BCUT2D eigenvalue weighted by Gasteiger charge is -1.93. The molecule has 2 rings (SSSR count). The van der Waals surface area contributed by atoms with Gasteiger partial charge in [-0.3, -0.25) is 4.79 Å². The van der Waals surface area contributed by atoms with Gasteiger partial charge in [-0.05, 0) is 6.07 Å². The Morgan fingerprint density at radius 1 is 1.40 bits per heavy atom. The second-order valence-corrected chi connectivity index (χ2v) is 2.20. The molecule has 0 amide bonds. The number of rotatable bonds is 0. The Labute approximate surface area is 57.2 Å². The molecule has 0 radical (unpaired) electrons. The lowest BCUT2D eigenvalue weighted by Crippen LogP contribution is -2.13. The SMILES string of the molecule is O=c1ccc2c([nH]1)NNC2. The number of H-pyrrole nitrogens is 1. The number of nitrogens with one attached hydrogen (secondary N) is 3. The van der Waals surface area contributed by atoms with Gasteiger partial charge in [-0.25, -0.2) is 5.43 Å². The van der Waals surface area contributed by atoms with E-state index < -0.39 is 0 Å². The van der Waals surface area contributed by atoms with Gasteiger partial charge in [0.2, 0.25) is 5.56 Å². The van der Waals surface area contributed by atoms with Crippen molar-refractivity contribution in [1.29, 1.82) is 0 Å². The first-order valence-corrected chi connectivity index (χ1v) is 3.07. The summed E-state index contributed by atoms with van der Waals surface area (Å²) in [7, 11) is 0. The number of anilines is 1. The van der Waals surface area contributed by atoms with Crippen LogP contribution >= 0.6 is 0 Å². The maximum Gasteiger partial charge on any atom is 0.249 e. The molecule has 4 nitrogen and oxygen atoms in total. The summed E-state index contributed by atoms with van der Waals surface area (Å²) in [4.78, 5) is 13.4. The minimum atomic E-state index is -0.0741. The summed E-state index contributed by atoms with van der Waals surface area (Å²) in [6, 6.07) is 3.33. The largest absolute Gasteiger partial charge is 0.308 e. The van der Waals surface area contributed by atoms with Crippen molar-refractivity contribution in [2.24, 2.45) is 0 Å². The van der Waals surface area contributed by atoms with Crippen molar-refractivity contribution in [3.05, 3.63) is 28.0 Å². The summed E-state index contributed by atoms with van der Waals surface area (Å²) in [5.74, 6) is 0.785. The number of hydrogen-bond acceptors (Lipinski definition) is 3. The van der Waals surface area contributed by atoms with Gasteiger partial charge in [0.05, 0.1) is 0 Å². The van der Waals surface area contributed by atoms with Crippen molar-refractivity contribution in [3.8, 4) is 0 Å². The van der Waals surface area contributed by atoms with Crippen LogP contribution in [0.2, 0.25) is 0 Å². The number of aromatic nitrogens is 1. The van der Waals surface area contributed by atoms with Crippen LogP contribution in [-0.4, -0.2) is 4.98 Å². The van der Waals surface area contributed by atoms with Crippen LogP contribution in [0, 0.1) is 0 Å². The summed E-state index contributed by atoms with van der Waals surface area (Å²) in [6.07, 6.45) is 0. The number of hydrogen-bond donors (Lipinski definition) is 3. The van der Waals surface area contributed by atoms with E-state index in [1.165, 1.54) is 6.07 Å². The van der Waals surface area contributed by atoms with Gasteiger partial charge in [0, 0.05) is 18.2 Å². The molecule has 52 valence electrons.